The molecule has 2 aliphatic heterocycles. The number of carbonyl (C=O) groups is 1. The van der Waals surface area contributed by atoms with E-state index in [1.807, 2.05) is 23.1 Å². The van der Waals surface area contributed by atoms with Crippen LogP contribution in [-0.2, 0) is 20.2 Å². The molecule has 1 atom stereocenters. The SMILES string of the molecule is CC(C)(C)c1ccc(S(=O)(=O)N2CCN(CC(=O)NCC3CCN(c4ccccc4)C3)CC2)cc1. The van der Waals surface area contributed by atoms with E-state index in [9.17, 15) is 13.2 Å². The van der Waals surface area contributed by atoms with Crippen molar-refractivity contribution in [2.45, 2.75) is 37.5 Å². The van der Waals surface area contributed by atoms with E-state index in [0.29, 0.717) is 50.1 Å². The van der Waals surface area contributed by atoms with Crippen LogP contribution in [-0.4, -0.2) is 75.9 Å². The number of hydrogen-bond donors (Lipinski definition) is 1. The number of hydrogen-bond acceptors (Lipinski definition) is 5. The largest absolute Gasteiger partial charge is 0.371 e. The topological polar surface area (TPSA) is 73.0 Å². The van der Waals surface area contributed by atoms with Crippen molar-refractivity contribution < 1.29 is 13.2 Å². The van der Waals surface area contributed by atoms with Gasteiger partial charge in [0.2, 0.25) is 15.9 Å². The lowest BCUT2D eigenvalue weighted by atomic mass is 9.87. The first-order valence-corrected chi connectivity index (χ1v) is 14.0. The fourth-order valence-electron chi connectivity index (χ4n) is 4.79. The first-order valence-electron chi connectivity index (χ1n) is 12.5. The summed E-state index contributed by atoms with van der Waals surface area (Å²) in [5.41, 5.74) is 2.32. The third-order valence-electron chi connectivity index (χ3n) is 7.05. The fraction of sp³-hybridized carbons (Fsp3) is 0.519. The van der Waals surface area contributed by atoms with Crippen LogP contribution in [0.2, 0.25) is 0 Å². The molecule has 7 nitrogen and oxygen atoms in total. The molecule has 1 unspecified atom stereocenters. The zero-order valence-corrected chi connectivity index (χ0v) is 21.9. The Bertz CT molecular complexity index is 1090. The van der Waals surface area contributed by atoms with Crippen LogP contribution in [0.1, 0.15) is 32.8 Å². The van der Waals surface area contributed by atoms with Crippen molar-refractivity contribution in [3.63, 3.8) is 0 Å². The number of para-hydroxylation sites is 1. The van der Waals surface area contributed by atoms with Gasteiger partial charge in [0, 0.05) is 51.5 Å². The lowest BCUT2D eigenvalue weighted by molar-refractivity contribution is -0.122. The van der Waals surface area contributed by atoms with Gasteiger partial charge in [0.25, 0.3) is 0 Å². The molecule has 35 heavy (non-hydrogen) atoms. The number of benzene rings is 2. The lowest BCUT2D eigenvalue weighted by Crippen LogP contribution is -2.51. The number of piperazine rings is 1. The molecule has 2 aromatic rings. The molecule has 0 spiro atoms. The van der Waals surface area contributed by atoms with Crippen molar-refractivity contribution in [3.8, 4) is 0 Å². The highest BCUT2D eigenvalue weighted by Gasteiger charge is 2.30. The van der Waals surface area contributed by atoms with Gasteiger partial charge in [0.15, 0.2) is 0 Å². The second-order valence-corrected chi connectivity index (χ2v) is 12.6. The molecule has 1 N–H and O–H groups in total. The Morgan fingerprint density at radius 1 is 0.943 bits per heavy atom. The van der Waals surface area contributed by atoms with E-state index in [2.05, 4.69) is 55.3 Å². The Kier molecular flexibility index (Phi) is 7.83. The number of rotatable bonds is 7. The van der Waals surface area contributed by atoms with Crippen molar-refractivity contribution in [2.75, 3.05) is 57.3 Å². The van der Waals surface area contributed by atoms with E-state index in [1.165, 1.54) is 9.99 Å². The molecular formula is C27H38N4O3S. The standard InChI is InChI=1S/C27H38N4O3S/c1-27(2,3)23-9-11-25(12-10-23)35(33,34)31-17-15-29(16-18-31)21-26(32)28-19-22-13-14-30(20-22)24-7-5-4-6-8-24/h4-12,22H,13-21H2,1-3H3,(H,28,32). The summed E-state index contributed by atoms with van der Waals surface area (Å²) in [6.07, 6.45) is 1.07. The maximum Gasteiger partial charge on any atom is 0.243 e. The minimum atomic E-state index is -3.52. The number of carbonyl (C=O) groups excluding carboxylic acids is 1. The van der Waals surface area contributed by atoms with Crippen molar-refractivity contribution >= 4 is 21.6 Å². The summed E-state index contributed by atoms with van der Waals surface area (Å²) in [4.78, 5) is 17.3. The van der Waals surface area contributed by atoms with E-state index < -0.39 is 10.0 Å². The Morgan fingerprint density at radius 3 is 2.23 bits per heavy atom. The summed E-state index contributed by atoms with van der Waals surface area (Å²) >= 11 is 0. The maximum atomic E-state index is 13.1. The van der Waals surface area contributed by atoms with E-state index in [0.717, 1.165) is 25.1 Å². The molecule has 2 heterocycles. The van der Waals surface area contributed by atoms with Crippen molar-refractivity contribution in [1.29, 1.82) is 0 Å². The Balaban J connectivity index is 1.21. The molecule has 0 aliphatic carbocycles. The van der Waals surface area contributed by atoms with Gasteiger partial charge in [-0.25, -0.2) is 8.42 Å². The smallest absolute Gasteiger partial charge is 0.243 e. The molecule has 2 fully saturated rings. The molecule has 0 saturated carbocycles. The molecule has 2 aromatic carbocycles. The van der Waals surface area contributed by atoms with Gasteiger partial charge in [-0.2, -0.15) is 4.31 Å². The highest BCUT2D eigenvalue weighted by atomic mass is 32.2. The molecule has 2 saturated heterocycles. The van der Waals surface area contributed by atoms with Crippen LogP contribution in [0.3, 0.4) is 0 Å². The molecule has 0 bridgehead atoms. The number of amides is 1. The monoisotopic (exact) mass is 498 g/mol. The molecule has 190 valence electrons. The normalized spacial score (nSPS) is 20.2. The van der Waals surface area contributed by atoms with Gasteiger partial charge in [0.1, 0.15) is 0 Å². The highest BCUT2D eigenvalue weighted by Crippen LogP contribution is 2.25. The van der Waals surface area contributed by atoms with Gasteiger partial charge in [-0.15, -0.1) is 0 Å². The summed E-state index contributed by atoms with van der Waals surface area (Å²) in [5.74, 6) is 0.461. The predicted molar refractivity (Wildman–Crippen MR) is 140 cm³/mol. The van der Waals surface area contributed by atoms with Gasteiger partial charge >= 0.3 is 0 Å². The zero-order chi connectivity index (χ0) is 25.1. The van der Waals surface area contributed by atoms with Crippen LogP contribution in [0.25, 0.3) is 0 Å². The number of nitrogens with one attached hydrogen (secondary N) is 1. The third-order valence-corrected chi connectivity index (χ3v) is 8.96. The number of sulfonamides is 1. The molecule has 8 heteroatoms. The van der Waals surface area contributed by atoms with Crippen LogP contribution in [0.15, 0.2) is 59.5 Å². The number of nitrogens with zero attached hydrogens (tertiary/aromatic N) is 3. The van der Waals surface area contributed by atoms with Gasteiger partial charge < -0.3 is 10.2 Å². The maximum absolute atomic E-state index is 13.1. The first kappa shape index (κ1) is 25.7. The van der Waals surface area contributed by atoms with Crippen molar-refractivity contribution in [3.05, 3.63) is 60.2 Å². The molecule has 1 amide bonds. The van der Waals surface area contributed by atoms with Crippen LogP contribution in [0.4, 0.5) is 5.69 Å². The predicted octanol–water partition coefficient (Wildman–Crippen LogP) is 2.93. The Labute approximate surface area is 210 Å². The quantitative estimate of drug-likeness (QED) is 0.636. The van der Waals surface area contributed by atoms with E-state index in [4.69, 9.17) is 0 Å². The van der Waals surface area contributed by atoms with Crippen LogP contribution in [0, 0.1) is 5.92 Å². The minimum absolute atomic E-state index is 0.0113. The Morgan fingerprint density at radius 2 is 1.60 bits per heavy atom. The Hall–Kier alpha value is -2.42. The van der Waals surface area contributed by atoms with Crippen molar-refractivity contribution in [1.82, 2.24) is 14.5 Å². The van der Waals surface area contributed by atoms with Gasteiger partial charge in [-0.1, -0.05) is 51.1 Å². The van der Waals surface area contributed by atoms with E-state index in [-0.39, 0.29) is 11.3 Å². The summed E-state index contributed by atoms with van der Waals surface area (Å²) in [7, 11) is -3.52. The summed E-state index contributed by atoms with van der Waals surface area (Å²) in [5, 5.41) is 3.09. The van der Waals surface area contributed by atoms with Crippen LogP contribution in [0.5, 0.6) is 0 Å². The van der Waals surface area contributed by atoms with Crippen molar-refractivity contribution in [2.24, 2.45) is 5.92 Å². The second-order valence-electron chi connectivity index (χ2n) is 10.7. The fourth-order valence-corrected chi connectivity index (χ4v) is 6.22. The third kappa shape index (κ3) is 6.42. The van der Waals surface area contributed by atoms with Crippen LogP contribution < -0.4 is 10.2 Å². The first-order chi connectivity index (χ1) is 16.6. The van der Waals surface area contributed by atoms with Gasteiger partial charge in [0.05, 0.1) is 11.4 Å². The molecule has 2 aliphatic rings. The van der Waals surface area contributed by atoms with Gasteiger partial charge in [-0.3, -0.25) is 9.69 Å². The minimum Gasteiger partial charge on any atom is -0.371 e. The summed E-state index contributed by atoms with van der Waals surface area (Å²) in [6.45, 7) is 11.2. The second kappa shape index (κ2) is 10.7. The van der Waals surface area contributed by atoms with Gasteiger partial charge in [-0.05, 0) is 47.6 Å². The van der Waals surface area contributed by atoms with Crippen LogP contribution >= 0.6 is 0 Å². The average molecular weight is 499 g/mol. The summed E-state index contributed by atoms with van der Waals surface area (Å²) < 4.78 is 27.7. The lowest BCUT2D eigenvalue weighted by Gasteiger charge is -2.33. The summed E-state index contributed by atoms with van der Waals surface area (Å²) in [6, 6.07) is 17.6. The molecule has 4 rings (SSSR count). The molecule has 0 aromatic heterocycles. The zero-order valence-electron chi connectivity index (χ0n) is 21.1. The molecular weight excluding hydrogens is 460 g/mol. The number of anilines is 1. The highest BCUT2D eigenvalue weighted by molar-refractivity contribution is 7.89. The molecule has 0 radical (unpaired) electrons. The van der Waals surface area contributed by atoms with E-state index >= 15 is 0 Å². The average Bonchev–Trinajstić information content (AvgIpc) is 3.32. The van der Waals surface area contributed by atoms with E-state index in [1.54, 1.807) is 12.1 Å².